The number of aromatic hydroxyl groups is 1. The van der Waals surface area contributed by atoms with Crippen molar-refractivity contribution in [2.75, 3.05) is 32.7 Å². The first-order chi connectivity index (χ1) is 65.6. The van der Waals surface area contributed by atoms with Crippen LogP contribution in [0.4, 0.5) is 0 Å². The summed E-state index contributed by atoms with van der Waals surface area (Å²) in [5, 5.41) is 109. The Labute approximate surface area is 804 Å². The van der Waals surface area contributed by atoms with E-state index in [1.807, 2.05) is 6.92 Å². The third-order valence-electron chi connectivity index (χ3n) is 24.8. The topological polar surface area (TPSA) is 682 Å². The van der Waals surface area contributed by atoms with Crippen LogP contribution in [0.1, 0.15) is 181 Å². The summed E-state index contributed by atoms with van der Waals surface area (Å²) in [4.78, 5) is 233. The summed E-state index contributed by atoms with van der Waals surface area (Å²) in [7, 11) is 0. The molecule has 23 atom stereocenters. The van der Waals surface area contributed by atoms with Crippen LogP contribution in [0.2, 0.25) is 0 Å². The second-order valence-electron chi connectivity index (χ2n) is 35.9. The Hall–Kier alpha value is -12.2. The number of carbonyl (C=O) groups excluding carboxylic acids is 15. The molecule has 0 unspecified atom stereocenters. The van der Waals surface area contributed by atoms with Crippen LogP contribution in [0.5, 0.6) is 5.75 Å². The molecule has 28 N–H and O–H groups in total. The zero-order chi connectivity index (χ0) is 102. The van der Waals surface area contributed by atoms with E-state index in [1.165, 1.54) is 43.0 Å². The quantitative estimate of drug-likeness (QED) is 0.0193. The summed E-state index contributed by atoms with van der Waals surface area (Å²) < 4.78 is 0. The van der Waals surface area contributed by atoms with Gasteiger partial charge >= 0.3 is 5.97 Å². The molecule has 0 saturated carbocycles. The second-order valence-corrected chi connectivity index (χ2v) is 35.9. The molecule has 762 valence electrons. The first kappa shape index (κ1) is 115. The highest BCUT2D eigenvalue weighted by atomic mass is 16.4. The number of aliphatic hydroxyl groups excluding tert-OH is 5. The van der Waals surface area contributed by atoms with Gasteiger partial charge in [0.1, 0.15) is 96.4 Å². The fourth-order valence-electron chi connectivity index (χ4n) is 16.1. The van der Waals surface area contributed by atoms with Gasteiger partial charge in [0.2, 0.25) is 88.6 Å². The molecule has 2 heterocycles. The molecule has 0 spiro atoms. The van der Waals surface area contributed by atoms with E-state index in [0.29, 0.717) is 80.2 Å². The summed E-state index contributed by atoms with van der Waals surface area (Å²) in [6.45, 7) is 13.4. The fourth-order valence-corrected chi connectivity index (χ4v) is 16.1. The monoisotopic (exact) mass is 1930 g/mol. The minimum Gasteiger partial charge on any atom is -0.508 e. The van der Waals surface area contributed by atoms with Gasteiger partial charge in [-0.2, -0.15) is 0 Å². The van der Waals surface area contributed by atoms with Crippen molar-refractivity contribution < 1.29 is 112 Å². The summed E-state index contributed by atoms with van der Waals surface area (Å²) in [6.07, 6.45) is -5.75. The summed E-state index contributed by atoms with van der Waals surface area (Å²) in [6, 6.07) is 5.77. The molecule has 2 saturated heterocycles. The van der Waals surface area contributed by atoms with Crippen molar-refractivity contribution in [3.8, 4) is 5.75 Å². The standard InChI is InChI=1S/C96H145N19O23/c1-10-53(3)74(100)94(135)114-47-27-38-72(114)88(129)109-77(56(6)117)93(134)113-80(59(9)120)95(136)115-48-28-39-73(115)87(128)108-75(54(4)11-2)89(130)110-78(57(7)118)91(132)112-79(58(8)119)92(133)111-76(55(5)116)90(131)107-71(52-63-40-42-64(121)43-41-63)86(127)106-70(51-62-33-19-14-20-34-62)85(126)105-69(50-61-31-17-13-18-32-61)84(125)104-68(49-60-29-15-12-16-30-60)83(124)102-65(35-21-24-44-97)81(122)101-66(36-22-25-45-98)82(123)103-67(96(137)138)37-23-26-46-99/h12-20,29-34,40-43,53-59,65-80,116-121H,10-11,21-28,35-39,44-52,97-100H2,1-9H3,(H,101,122)(H,102,124)(H,103,123)(H,104,125)(H,105,126)(H,106,127)(H,107,131)(H,108,128)(H,109,129)(H,110,130)(H,111,133)(H,112,132)(H,113,134)(H,137,138)/t53-,54-,55+,56+,57+,58+,59+,65-,66-,67-,68-,69-,70-,71-,72-,73-,74-,75-,76-,77-,78-,79-,80-/m0/s1. The number of phenols is 1. The van der Waals surface area contributed by atoms with E-state index in [9.17, 15) is 93.3 Å². The van der Waals surface area contributed by atoms with Gasteiger partial charge in [-0.1, -0.05) is 144 Å². The van der Waals surface area contributed by atoms with E-state index in [-0.39, 0.29) is 102 Å². The Bertz CT molecular complexity index is 4640. The Balaban J connectivity index is 1.22. The molecule has 2 aliphatic rings. The minimum absolute atomic E-state index is 0.00594. The summed E-state index contributed by atoms with van der Waals surface area (Å²) >= 11 is 0. The van der Waals surface area contributed by atoms with Gasteiger partial charge in [0, 0.05) is 38.8 Å². The lowest BCUT2D eigenvalue weighted by Crippen LogP contribution is -2.65. The lowest BCUT2D eigenvalue weighted by molar-refractivity contribution is -0.146. The van der Waals surface area contributed by atoms with Crippen molar-refractivity contribution in [2.45, 2.75) is 311 Å². The summed E-state index contributed by atoms with van der Waals surface area (Å²) in [5.41, 5.74) is 25.4. The molecule has 138 heavy (non-hydrogen) atoms. The second kappa shape index (κ2) is 57.9. The third-order valence-corrected chi connectivity index (χ3v) is 24.8. The fraction of sp³-hybridized carbons (Fsp3) is 0.583. The van der Waals surface area contributed by atoms with E-state index in [0.717, 1.165) is 25.7 Å². The van der Waals surface area contributed by atoms with E-state index in [4.69, 9.17) is 22.9 Å². The van der Waals surface area contributed by atoms with Crippen molar-refractivity contribution in [3.63, 3.8) is 0 Å². The zero-order valence-electron chi connectivity index (χ0n) is 80.1. The van der Waals surface area contributed by atoms with Crippen molar-refractivity contribution in [3.05, 3.63) is 138 Å². The van der Waals surface area contributed by atoms with Crippen LogP contribution in [0.3, 0.4) is 0 Å². The number of phenolic OH excluding ortho intramolecular Hbond substituents is 1. The number of amides is 15. The number of carboxylic acid groups (broad SMARTS) is 1. The first-order valence-corrected chi connectivity index (χ1v) is 47.5. The molecule has 42 nitrogen and oxygen atoms in total. The normalized spacial score (nSPS) is 18.2. The minimum atomic E-state index is -2.07. The van der Waals surface area contributed by atoms with E-state index in [1.54, 1.807) is 112 Å². The van der Waals surface area contributed by atoms with Crippen LogP contribution in [0, 0.1) is 11.8 Å². The molecule has 0 aromatic heterocycles. The number of hydrogen-bond donors (Lipinski definition) is 24. The largest absolute Gasteiger partial charge is 0.508 e. The number of unbranched alkanes of at least 4 members (excludes halogenated alkanes) is 3. The lowest BCUT2D eigenvalue weighted by atomic mass is 9.96. The number of aliphatic hydroxyl groups is 5. The highest BCUT2D eigenvalue weighted by Gasteiger charge is 2.46. The maximum atomic E-state index is 15.4. The highest BCUT2D eigenvalue weighted by Crippen LogP contribution is 2.25. The van der Waals surface area contributed by atoms with Gasteiger partial charge in [-0.25, -0.2) is 4.79 Å². The molecule has 2 fully saturated rings. The molecule has 0 bridgehead atoms. The molecule has 2 aliphatic heterocycles. The maximum absolute atomic E-state index is 15.4. The van der Waals surface area contributed by atoms with E-state index >= 15 is 19.2 Å². The molecule has 15 amide bonds. The predicted octanol–water partition coefficient (Wildman–Crippen LogP) is -3.26. The molecular formula is C96H145N19O23. The van der Waals surface area contributed by atoms with Crippen LogP contribution in [0.15, 0.2) is 115 Å². The smallest absolute Gasteiger partial charge is 0.326 e. The van der Waals surface area contributed by atoms with Gasteiger partial charge < -0.3 is 138 Å². The molecule has 6 rings (SSSR count). The van der Waals surface area contributed by atoms with Gasteiger partial charge in [0.15, 0.2) is 0 Å². The van der Waals surface area contributed by atoms with Crippen molar-refractivity contribution >= 4 is 94.6 Å². The maximum Gasteiger partial charge on any atom is 0.326 e. The van der Waals surface area contributed by atoms with Gasteiger partial charge in [-0.3, -0.25) is 71.9 Å². The average molecular weight is 1930 g/mol. The number of benzene rings is 4. The number of rotatable bonds is 58. The molecule has 4 aromatic rings. The third kappa shape index (κ3) is 35.7. The summed E-state index contributed by atoms with van der Waals surface area (Å²) in [5.74, 6) is -17.1. The number of hydrogen-bond acceptors (Lipinski definition) is 26. The van der Waals surface area contributed by atoms with Crippen molar-refractivity contribution in [1.29, 1.82) is 0 Å². The lowest BCUT2D eigenvalue weighted by Gasteiger charge is -2.33. The Kier molecular flexibility index (Phi) is 48.1. The van der Waals surface area contributed by atoms with E-state index < -0.39 is 234 Å². The van der Waals surface area contributed by atoms with Crippen LogP contribution in [-0.2, 0) is 102 Å². The Morgan fingerprint density at radius 1 is 0.326 bits per heavy atom. The number of aliphatic carboxylic acids is 1. The van der Waals surface area contributed by atoms with Gasteiger partial charge in [0.25, 0.3) is 0 Å². The number of nitrogens with one attached hydrogen (secondary N) is 13. The van der Waals surface area contributed by atoms with Crippen LogP contribution < -0.4 is 92.1 Å². The van der Waals surface area contributed by atoms with Crippen LogP contribution in [0.25, 0.3) is 0 Å². The van der Waals surface area contributed by atoms with Gasteiger partial charge in [-0.15, -0.1) is 0 Å². The van der Waals surface area contributed by atoms with Crippen LogP contribution in [-0.4, -0.2) is 300 Å². The Morgan fingerprint density at radius 2 is 0.594 bits per heavy atom. The number of carbonyl (C=O) groups is 16. The predicted molar refractivity (Wildman–Crippen MR) is 508 cm³/mol. The Morgan fingerprint density at radius 3 is 0.920 bits per heavy atom. The molecular weight excluding hydrogens is 1790 g/mol. The van der Waals surface area contributed by atoms with Gasteiger partial charge in [0.05, 0.1) is 36.6 Å². The van der Waals surface area contributed by atoms with Crippen molar-refractivity contribution in [1.82, 2.24) is 78.9 Å². The number of nitrogens with two attached hydrogens (primary N) is 4. The number of likely N-dealkylation sites (tertiary alicyclic amines) is 2. The zero-order valence-corrected chi connectivity index (χ0v) is 80.1. The number of nitrogens with zero attached hydrogens (tertiary/aromatic N) is 2. The van der Waals surface area contributed by atoms with E-state index in [2.05, 4.69) is 69.1 Å². The first-order valence-electron chi connectivity index (χ1n) is 47.5. The van der Waals surface area contributed by atoms with Crippen molar-refractivity contribution in [2.24, 2.45) is 34.8 Å². The molecule has 42 heteroatoms. The highest BCUT2D eigenvalue weighted by molar-refractivity contribution is 6.02. The average Bonchev–Trinajstić information content (AvgIpc) is 1.63. The molecule has 0 aliphatic carbocycles. The number of carboxylic acids is 1. The molecule has 0 radical (unpaired) electrons. The SMILES string of the molecule is CC[C@H](C)[C@H](N)C(=O)N1CCC[C@H]1C(=O)N[C@H](C(=O)N[C@H](C(=O)N1CCC[C@H]1C(=O)N[C@H](C(=O)N[C@H](C(=O)N[C@H](C(=O)N[C@H](C(=O)N[C@@H](Cc1ccc(O)cc1)C(=O)N[C@@H](Cc1ccccc1)C(=O)N[C@@H](Cc1ccccc1)C(=O)N[C@@H](Cc1ccccc1)C(=O)N[C@@H](CCCCN)C(=O)N[C@@H](CCCCN)C(=O)N[C@@H](CCCCN)C(=O)O)[C@@H](C)O)[C@@H](C)O)[C@@H](C)O)[C@@H](C)CC)[C@@H](C)O)[C@@H](C)O. The van der Waals surface area contributed by atoms with Gasteiger partial charge in [-0.05, 0) is 184 Å². The molecule has 4 aromatic carbocycles. The van der Waals surface area contributed by atoms with Crippen LogP contribution >= 0.6 is 0 Å².